The van der Waals surface area contributed by atoms with Gasteiger partial charge in [0.05, 0.1) is 28.3 Å². The molecule has 29 heavy (non-hydrogen) atoms. The zero-order valence-electron chi connectivity index (χ0n) is 15.8. The maximum atomic E-state index is 12.6. The molecule has 0 saturated heterocycles. The van der Waals surface area contributed by atoms with Gasteiger partial charge in [-0.15, -0.1) is 0 Å². The molecule has 0 unspecified atom stereocenters. The van der Waals surface area contributed by atoms with Gasteiger partial charge in [0.2, 0.25) is 10.0 Å². The Labute approximate surface area is 170 Å². The molecule has 0 spiro atoms. The van der Waals surface area contributed by atoms with E-state index in [0.717, 1.165) is 18.4 Å². The zero-order valence-corrected chi connectivity index (χ0v) is 17.5. The van der Waals surface area contributed by atoms with Crippen LogP contribution in [0.2, 0.25) is 0 Å². The molecule has 2 N–H and O–H groups in total. The van der Waals surface area contributed by atoms with Crippen LogP contribution in [-0.2, 0) is 33.0 Å². The Kier molecular flexibility index (Phi) is 6.41. The minimum absolute atomic E-state index is 0.00457. The molecule has 0 amide bonds. The number of sulfonamides is 2. The lowest BCUT2D eigenvalue weighted by atomic mass is 10.1. The Bertz CT molecular complexity index is 1150. The average molecular weight is 435 g/mol. The van der Waals surface area contributed by atoms with Crippen molar-refractivity contribution in [2.75, 3.05) is 4.72 Å². The summed E-state index contributed by atoms with van der Waals surface area (Å²) in [6.45, 7) is 2.05. The maximum Gasteiger partial charge on any atom is 0.261 e. The fraction of sp³-hybridized carbons (Fsp3) is 0.200. The van der Waals surface area contributed by atoms with Crippen molar-refractivity contribution in [1.29, 1.82) is 0 Å². The smallest absolute Gasteiger partial charge is 0.261 e. The second kappa shape index (κ2) is 8.81. The van der Waals surface area contributed by atoms with Gasteiger partial charge in [-0.05, 0) is 54.4 Å². The summed E-state index contributed by atoms with van der Waals surface area (Å²) < 4.78 is 60.2. The normalized spacial score (nSPS) is 12.0. The van der Waals surface area contributed by atoms with Crippen LogP contribution in [0.5, 0.6) is 0 Å². The summed E-state index contributed by atoms with van der Waals surface area (Å²) in [5.74, 6) is 0.469. The van der Waals surface area contributed by atoms with Crippen molar-refractivity contribution in [2.24, 2.45) is 0 Å². The van der Waals surface area contributed by atoms with E-state index >= 15 is 0 Å². The van der Waals surface area contributed by atoms with E-state index in [0.29, 0.717) is 5.76 Å². The van der Waals surface area contributed by atoms with Crippen molar-refractivity contribution in [3.8, 4) is 0 Å². The van der Waals surface area contributed by atoms with Crippen LogP contribution in [0.1, 0.15) is 24.7 Å². The molecule has 0 radical (unpaired) electrons. The number of rotatable bonds is 9. The number of hydrogen-bond donors (Lipinski definition) is 2. The van der Waals surface area contributed by atoms with Crippen molar-refractivity contribution in [1.82, 2.24) is 4.72 Å². The van der Waals surface area contributed by atoms with E-state index in [4.69, 9.17) is 4.42 Å². The molecule has 0 aliphatic heterocycles. The molecule has 3 aromatic rings. The molecular formula is C20H22N2O5S2. The number of aryl methyl sites for hydroxylation is 1. The van der Waals surface area contributed by atoms with Crippen molar-refractivity contribution in [3.63, 3.8) is 0 Å². The summed E-state index contributed by atoms with van der Waals surface area (Å²) in [4.78, 5) is 0.0594. The maximum absolute atomic E-state index is 12.6. The molecule has 154 valence electrons. The topological polar surface area (TPSA) is 105 Å². The van der Waals surface area contributed by atoms with Crippen LogP contribution in [0.3, 0.4) is 0 Å². The molecule has 2 aromatic carbocycles. The van der Waals surface area contributed by atoms with E-state index in [1.807, 2.05) is 0 Å². The lowest BCUT2D eigenvalue weighted by molar-refractivity contribution is 0.498. The highest BCUT2D eigenvalue weighted by Crippen LogP contribution is 2.20. The van der Waals surface area contributed by atoms with Gasteiger partial charge in [0, 0.05) is 0 Å². The molecule has 0 aliphatic carbocycles. The van der Waals surface area contributed by atoms with E-state index < -0.39 is 20.0 Å². The Balaban J connectivity index is 1.76. The summed E-state index contributed by atoms with van der Waals surface area (Å²) in [6, 6.07) is 15.6. The lowest BCUT2D eigenvalue weighted by Gasteiger charge is -2.11. The molecular weight excluding hydrogens is 412 g/mol. The highest BCUT2D eigenvalue weighted by molar-refractivity contribution is 7.92. The quantitative estimate of drug-likeness (QED) is 0.536. The van der Waals surface area contributed by atoms with E-state index in [-0.39, 0.29) is 22.0 Å². The third-order valence-corrected chi connectivity index (χ3v) is 6.98. The molecule has 1 aromatic heterocycles. The summed E-state index contributed by atoms with van der Waals surface area (Å²) in [5.41, 5.74) is 1.21. The molecule has 9 heteroatoms. The van der Waals surface area contributed by atoms with Crippen LogP contribution in [-0.4, -0.2) is 16.8 Å². The average Bonchev–Trinajstić information content (AvgIpc) is 3.21. The van der Waals surface area contributed by atoms with Gasteiger partial charge >= 0.3 is 0 Å². The Morgan fingerprint density at radius 3 is 2.28 bits per heavy atom. The summed E-state index contributed by atoms with van der Waals surface area (Å²) in [6.07, 6.45) is 3.30. The molecule has 0 aliphatic rings. The molecule has 0 saturated carbocycles. The van der Waals surface area contributed by atoms with Crippen LogP contribution < -0.4 is 9.44 Å². The SMILES string of the molecule is CCCc1ccc(S(=O)(=O)Nc2cccc(S(=O)(=O)NCc3ccco3)c2)cc1. The highest BCUT2D eigenvalue weighted by atomic mass is 32.2. The number of nitrogens with one attached hydrogen (secondary N) is 2. The van der Waals surface area contributed by atoms with Gasteiger partial charge in [0.15, 0.2) is 0 Å². The van der Waals surface area contributed by atoms with E-state index in [9.17, 15) is 16.8 Å². The van der Waals surface area contributed by atoms with Gasteiger partial charge < -0.3 is 4.42 Å². The Morgan fingerprint density at radius 1 is 0.862 bits per heavy atom. The minimum atomic E-state index is -3.84. The van der Waals surface area contributed by atoms with E-state index in [2.05, 4.69) is 16.4 Å². The van der Waals surface area contributed by atoms with Crippen LogP contribution in [0, 0.1) is 0 Å². The van der Waals surface area contributed by atoms with Gasteiger partial charge in [0.1, 0.15) is 5.76 Å². The van der Waals surface area contributed by atoms with Crippen molar-refractivity contribution in [2.45, 2.75) is 36.1 Å². The fourth-order valence-corrected chi connectivity index (χ4v) is 4.82. The van der Waals surface area contributed by atoms with Crippen LogP contribution in [0.25, 0.3) is 0 Å². The third kappa shape index (κ3) is 5.47. The first kappa shape index (κ1) is 21.1. The van der Waals surface area contributed by atoms with Crippen molar-refractivity contribution >= 4 is 25.7 Å². The highest BCUT2D eigenvalue weighted by Gasteiger charge is 2.18. The zero-order chi connectivity index (χ0) is 20.9. The van der Waals surface area contributed by atoms with Crippen LogP contribution in [0.4, 0.5) is 5.69 Å². The third-order valence-electron chi connectivity index (χ3n) is 4.19. The first-order valence-electron chi connectivity index (χ1n) is 9.04. The van der Waals surface area contributed by atoms with E-state index in [1.54, 1.807) is 36.4 Å². The van der Waals surface area contributed by atoms with Gasteiger partial charge in [-0.3, -0.25) is 4.72 Å². The van der Waals surface area contributed by atoms with Crippen molar-refractivity contribution < 1.29 is 21.3 Å². The van der Waals surface area contributed by atoms with Crippen molar-refractivity contribution in [3.05, 3.63) is 78.3 Å². The summed E-state index contributed by atoms with van der Waals surface area (Å²) in [5, 5.41) is 0. The molecule has 3 rings (SSSR count). The molecule has 0 fully saturated rings. The number of benzene rings is 2. The van der Waals surface area contributed by atoms with Crippen LogP contribution in [0.15, 0.2) is 81.1 Å². The predicted octanol–water partition coefficient (Wildman–Crippen LogP) is 3.51. The van der Waals surface area contributed by atoms with Gasteiger partial charge in [-0.1, -0.05) is 31.5 Å². The second-order valence-corrected chi connectivity index (χ2v) is 9.88. The lowest BCUT2D eigenvalue weighted by Crippen LogP contribution is -2.23. The van der Waals surface area contributed by atoms with E-state index in [1.165, 1.54) is 30.5 Å². The summed E-state index contributed by atoms with van der Waals surface area (Å²) in [7, 11) is -7.67. The largest absolute Gasteiger partial charge is 0.468 e. The second-order valence-electron chi connectivity index (χ2n) is 6.43. The molecule has 1 heterocycles. The molecule has 7 nitrogen and oxygen atoms in total. The minimum Gasteiger partial charge on any atom is -0.468 e. The molecule has 0 bridgehead atoms. The van der Waals surface area contributed by atoms with Gasteiger partial charge in [-0.2, -0.15) is 0 Å². The number of anilines is 1. The Hall–Kier alpha value is -2.62. The monoisotopic (exact) mass is 434 g/mol. The van der Waals surface area contributed by atoms with Gasteiger partial charge in [-0.25, -0.2) is 21.6 Å². The Morgan fingerprint density at radius 2 is 1.62 bits per heavy atom. The summed E-state index contributed by atoms with van der Waals surface area (Å²) >= 11 is 0. The predicted molar refractivity (Wildman–Crippen MR) is 110 cm³/mol. The first-order valence-corrected chi connectivity index (χ1v) is 12.0. The fourth-order valence-electron chi connectivity index (χ4n) is 2.73. The van der Waals surface area contributed by atoms with Gasteiger partial charge in [0.25, 0.3) is 10.0 Å². The molecule has 0 atom stereocenters. The first-order chi connectivity index (χ1) is 13.8. The number of hydrogen-bond acceptors (Lipinski definition) is 5. The standard InChI is InChI=1S/C20H22N2O5S2/c1-2-5-16-9-11-19(12-10-16)29(25,26)22-17-6-3-8-20(14-17)28(23,24)21-15-18-7-4-13-27-18/h3-4,6-14,21-22H,2,5,15H2,1H3. The number of furan rings is 1. The van der Waals surface area contributed by atoms with Crippen LogP contribution >= 0.6 is 0 Å².